The summed E-state index contributed by atoms with van der Waals surface area (Å²) < 4.78 is 4.98. The highest BCUT2D eigenvalue weighted by Crippen LogP contribution is 2.32. The summed E-state index contributed by atoms with van der Waals surface area (Å²) in [5, 5.41) is 5.23. The minimum atomic E-state index is 0.0634. The van der Waals surface area contributed by atoms with Gasteiger partial charge in [0.25, 0.3) is 0 Å². The normalized spacial score (nSPS) is 11.3. The Bertz CT molecular complexity index is 1180. The van der Waals surface area contributed by atoms with E-state index < -0.39 is 0 Å². The summed E-state index contributed by atoms with van der Waals surface area (Å²) >= 11 is 0. The van der Waals surface area contributed by atoms with Crippen LogP contribution in [-0.4, -0.2) is 36.1 Å². The molecule has 0 bridgehead atoms. The van der Waals surface area contributed by atoms with E-state index in [0.717, 1.165) is 40.6 Å². The molecule has 4 rings (SSSR count). The molecule has 4 aromatic rings. The van der Waals surface area contributed by atoms with Crippen molar-refractivity contribution < 1.29 is 9.53 Å². The quantitative estimate of drug-likeness (QED) is 0.418. The summed E-state index contributed by atoms with van der Waals surface area (Å²) in [4.78, 5) is 20.5. The van der Waals surface area contributed by atoms with Crippen LogP contribution < -0.4 is 5.32 Å². The molecule has 0 fully saturated rings. The van der Waals surface area contributed by atoms with Crippen LogP contribution in [0.15, 0.2) is 54.6 Å². The van der Waals surface area contributed by atoms with Gasteiger partial charge in [-0.05, 0) is 49.6 Å². The van der Waals surface area contributed by atoms with Gasteiger partial charge in [0.05, 0.1) is 23.5 Å². The molecule has 2 aromatic carbocycles. The number of nitrogens with zero attached hydrogens (tertiary/aromatic N) is 1. The molecule has 154 valence electrons. The Balaban J connectivity index is 1.63. The van der Waals surface area contributed by atoms with E-state index in [-0.39, 0.29) is 5.91 Å². The number of benzene rings is 2. The number of carbonyl (C=O) groups is 1. The van der Waals surface area contributed by atoms with Gasteiger partial charge in [-0.3, -0.25) is 4.79 Å². The minimum Gasteiger partial charge on any atom is -0.383 e. The van der Waals surface area contributed by atoms with Gasteiger partial charge in [0, 0.05) is 36.4 Å². The van der Waals surface area contributed by atoms with Crippen molar-refractivity contribution >= 4 is 27.7 Å². The van der Waals surface area contributed by atoms with Gasteiger partial charge in [0.1, 0.15) is 0 Å². The first-order valence-electron chi connectivity index (χ1n) is 10.4. The Morgan fingerprint density at radius 3 is 2.87 bits per heavy atom. The number of para-hydroxylation sites is 1. The largest absolute Gasteiger partial charge is 0.383 e. The summed E-state index contributed by atoms with van der Waals surface area (Å²) in [6.45, 7) is 3.19. The summed E-state index contributed by atoms with van der Waals surface area (Å²) in [6.07, 6.45) is 2.08. The van der Waals surface area contributed by atoms with Crippen LogP contribution in [0.5, 0.6) is 0 Å². The summed E-state index contributed by atoms with van der Waals surface area (Å²) in [7, 11) is 1.63. The van der Waals surface area contributed by atoms with E-state index in [1.165, 1.54) is 16.5 Å². The average molecular weight is 402 g/mol. The zero-order valence-electron chi connectivity index (χ0n) is 17.5. The van der Waals surface area contributed by atoms with Gasteiger partial charge in [-0.15, -0.1) is 0 Å². The lowest BCUT2D eigenvalue weighted by Gasteiger charge is -2.07. The fourth-order valence-corrected chi connectivity index (χ4v) is 3.85. The number of methoxy groups -OCH3 is 1. The monoisotopic (exact) mass is 401 g/mol. The number of H-pyrrole nitrogens is 1. The number of hydrogen-bond donors (Lipinski definition) is 2. The number of aromatic nitrogens is 2. The highest BCUT2D eigenvalue weighted by atomic mass is 16.5. The summed E-state index contributed by atoms with van der Waals surface area (Å²) in [5.74, 6) is 0.0634. The van der Waals surface area contributed by atoms with E-state index in [4.69, 9.17) is 9.72 Å². The van der Waals surface area contributed by atoms with Crippen LogP contribution >= 0.6 is 0 Å². The van der Waals surface area contributed by atoms with Gasteiger partial charge in [0.15, 0.2) is 0 Å². The van der Waals surface area contributed by atoms with E-state index in [1.807, 2.05) is 18.2 Å². The molecule has 5 heteroatoms. The molecular weight excluding hydrogens is 374 g/mol. The van der Waals surface area contributed by atoms with Crippen LogP contribution in [0.2, 0.25) is 0 Å². The molecule has 30 heavy (non-hydrogen) atoms. The first kappa shape index (κ1) is 20.1. The van der Waals surface area contributed by atoms with Crippen LogP contribution in [0.25, 0.3) is 33.2 Å². The Morgan fingerprint density at radius 2 is 2.00 bits per heavy atom. The van der Waals surface area contributed by atoms with Crippen LogP contribution in [-0.2, 0) is 16.0 Å². The molecule has 0 atom stereocenters. The Hall–Kier alpha value is -3.18. The third-order valence-corrected chi connectivity index (χ3v) is 5.38. The lowest BCUT2D eigenvalue weighted by atomic mass is 10.0. The van der Waals surface area contributed by atoms with E-state index in [0.29, 0.717) is 19.6 Å². The van der Waals surface area contributed by atoms with Crippen molar-refractivity contribution in [3.05, 3.63) is 65.7 Å². The van der Waals surface area contributed by atoms with Crippen molar-refractivity contribution in [2.24, 2.45) is 0 Å². The second-order valence-electron chi connectivity index (χ2n) is 7.61. The molecule has 0 aliphatic rings. The van der Waals surface area contributed by atoms with Crippen molar-refractivity contribution in [2.75, 3.05) is 20.3 Å². The van der Waals surface area contributed by atoms with Crippen LogP contribution in [0.1, 0.15) is 24.0 Å². The third kappa shape index (κ3) is 4.36. The number of rotatable bonds is 8. The summed E-state index contributed by atoms with van der Waals surface area (Å²) in [5.41, 5.74) is 6.50. The van der Waals surface area contributed by atoms with Gasteiger partial charge in [0.2, 0.25) is 5.91 Å². The predicted octanol–water partition coefficient (Wildman–Crippen LogP) is 4.78. The standard InChI is InChI=1S/C25H27N3O2/c1-17-10-12-22-20(16-17)19(7-5-9-24(29)26-14-15-30-2)25(28-22)23-13-11-18-6-3-4-8-21(18)27-23/h3-4,6,8,10-13,16,28H,5,7,9,14-15H2,1-2H3,(H,26,29). The molecule has 1 amide bonds. The number of fused-ring (bicyclic) bond motifs is 2. The molecule has 0 aliphatic carbocycles. The molecule has 0 saturated heterocycles. The molecule has 2 N–H and O–H groups in total. The molecule has 0 spiro atoms. The first-order chi connectivity index (χ1) is 14.7. The molecule has 2 heterocycles. The fourth-order valence-electron chi connectivity index (χ4n) is 3.85. The number of aromatic amines is 1. The highest BCUT2D eigenvalue weighted by Gasteiger charge is 2.15. The molecule has 0 radical (unpaired) electrons. The van der Waals surface area contributed by atoms with Crippen molar-refractivity contribution in [3.8, 4) is 11.4 Å². The van der Waals surface area contributed by atoms with Crippen molar-refractivity contribution in [3.63, 3.8) is 0 Å². The number of aryl methyl sites for hydroxylation is 2. The summed E-state index contributed by atoms with van der Waals surface area (Å²) in [6, 6.07) is 18.8. The average Bonchev–Trinajstić information content (AvgIpc) is 3.11. The van der Waals surface area contributed by atoms with E-state index in [1.54, 1.807) is 7.11 Å². The van der Waals surface area contributed by atoms with Crippen LogP contribution in [0.4, 0.5) is 0 Å². The molecule has 0 unspecified atom stereocenters. The van der Waals surface area contributed by atoms with Gasteiger partial charge in [-0.25, -0.2) is 4.98 Å². The third-order valence-electron chi connectivity index (χ3n) is 5.38. The Morgan fingerprint density at radius 1 is 1.13 bits per heavy atom. The Kier molecular flexibility index (Phi) is 6.10. The maximum atomic E-state index is 12.1. The molecule has 5 nitrogen and oxygen atoms in total. The minimum absolute atomic E-state index is 0.0634. The number of ether oxygens (including phenoxy) is 1. The number of nitrogens with one attached hydrogen (secondary N) is 2. The number of amides is 1. The SMILES string of the molecule is COCCNC(=O)CCCc1c(-c2ccc3ccccc3n2)[nH]c2ccc(C)cc12. The van der Waals surface area contributed by atoms with Crippen molar-refractivity contribution in [2.45, 2.75) is 26.2 Å². The van der Waals surface area contributed by atoms with Gasteiger partial charge < -0.3 is 15.0 Å². The molecular formula is C25H27N3O2. The Labute approximate surface area is 176 Å². The smallest absolute Gasteiger partial charge is 0.220 e. The maximum Gasteiger partial charge on any atom is 0.220 e. The molecule has 0 saturated carbocycles. The van der Waals surface area contributed by atoms with Gasteiger partial charge in [-0.1, -0.05) is 35.9 Å². The second-order valence-corrected chi connectivity index (χ2v) is 7.61. The van der Waals surface area contributed by atoms with Crippen molar-refractivity contribution in [1.82, 2.24) is 15.3 Å². The van der Waals surface area contributed by atoms with Crippen molar-refractivity contribution in [1.29, 1.82) is 0 Å². The van der Waals surface area contributed by atoms with E-state index in [2.05, 4.69) is 53.6 Å². The van der Waals surface area contributed by atoms with Crippen LogP contribution in [0, 0.1) is 6.92 Å². The lowest BCUT2D eigenvalue weighted by Crippen LogP contribution is -2.26. The lowest BCUT2D eigenvalue weighted by molar-refractivity contribution is -0.121. The highest BCUT2D eigenvalue weighted by molar-refractivity contribution is 5.92. The number of pyridine rings is 1. The predicted molar refractivity (Wildman–Crippen MR) is 122 cm³/mol. The van der Waals surface area contributed by atoms with E-state index in [9.17, 15) is 4.79 Å². The fraction of sp³-hybridized carbons (Fsp3) is 0.280. The number of hydrogen-bond acceptors (Lipinski definition) is 3. The zero-order valence-corrected chi connectivity index (χ0v) is 17.5. The van der Waals surface area contributed by atoms with E-state index >= 15 is 0 Å². The second kappa shape index (κ2) is 9.09. The first-order valence-corrected chi connectivity index (χ1v) is 10.4. The maximum absolute atomic E-state index is 12.1. The molecule has 0 aliphatic heterocycles. The number of carbonyl (C=O) groups excluding carboxylic acids is 1. The molecule has 2 aromatic heterocycles. The zero-order chi connectivity index (χ0) is 20.9. The van der Waals surface area contributed by atoms with Gasteiger partial charge in [-0.2, -0.15) is 0 Å². The van der Waals surface area contributed by atoms with Crippen LogP contribution in [0.3, 0.4) is 0 Å². The topological polar surface area (TPSA) is 67.0 Å². The van der Waals surface area contributed by atoms with Gasteiger partial charge >= 0.3 is 0 Å².